The van der Waals surface area contributed by atoms with E-state index in [-0.39, 0.29) is 11.3 Å². The van der Waals surface area contributed by atoms with Gasteiger partial charge in [-0.25, -0.2) is 4.39 Å². The third-order valence-electron chi connectivity index (χ3n) is 3.89. The van der Waals surface area contributed by atoms with Gasteiger partial charge in [-0.2, -0.15) is 0 Å². The molecule has 4 nitrogen and oxygen atoms in total. The van der Waals surface area contributed by atoms with Gasteiger partial charge in [-0.05, 0) is 60.2 Å². The van der Waals surface area contributed by atoms with Crippen molar-refractivity contribution in [2.24, 2.45) is 0 Å². The van der Waals surface area contributed by atoms with Crippen LogP contribution in [0, 0.1) is 5.82 Å². The summed E-state index contributed by atoms with van der Waals surface area (Å²) in [4.78, 5) is 25.3. The minimum Gasteiger partial charge on any atom is -0.321 e. The third kappa shape index (κ3) is 5.85. The molecule has 0 saturated heterocycles. The summed E-state index contributed by atoms with van der Waals surface area (Å²) in [6.07, 6.45) is 1.53. The number of carbonyl (C=O) groups excluding carboxylic acids is 2. The van der Waals surface area contributed by atoms with E-state index in [1.807, 2.05) is 12.1 Å². The SMILES string of the molecule is O=C(Nc1ccc(Br)cc1)C(=Cc1ccc(Br)cc1)NC(=O)c1ccccc1F. The molecule has 7 heteroatoms. The third-order valence-corrected chi connectivity index (χ3v) is 4.95. The zero-order valence-electron chi connectivity index (χ0n) is 15.0. The fourth-order valence-electron chi connectivity index (χ4n) is 2.45. The molecule has 3 aromatic rings. The fourth-order valence-corrected chi connectivity index (χ4v) is 2.98. The van der Waals surface area contributed by atoms with Crippen LogP contribution >= 0.6 is 31.9 Å². The molecule has 0 radical (unpaired) electrons. The predicted octanol–water partition coefficient (Wildman–Crippen LogP) is 5.76. The van der Waals surface area contributed by atoms with Gasteiger partial charge in [0, 0.05) is 14.6 Å². The standard InChI is InChI=1S/C22H15Br2FN2O2/c23-15-7-5-14(6-8-15)13-20(22(29)26-17-11-9-16(24)10-12-17)27-21(28)18-3-1-2-4-19(18)25/h1-13H,(H,26,29)(H,27,28). The molecule has 0 spiro atoms. The molecule has 0 saturated carbocycles. The van der Waals surface area contributed by atoms with Gasteiger partial charge in [-0.1, -0.05) is 56.1 Å². The zero-order valence-corrected chi connectivity index (χ0v) is 18.1. The zero-order chi connectivity index (χ0) is 20.8. The molecule has 0 aliphatic carbocycles. The molecular formula is C22H15Br2FN2O2. The number of hydrogen-bond acceptors (Lipinski definition) is 2. The number of benzene rings is 3. The average Bonchev–Trinajstić information content (AvgIpc) is 2.71. The number of anilines is 1. The Balaban J connectivity index is 1.89. The molecule has 0 aromatic heterocycles. The largest absolute Gasteiger partial charge is 0.321 e. The van der Waals surface area contributed by atoms with E-state index in [0.29, 0.717) is 11.3 Å². The van der Waals surface area contributed by atoms with Crippen molar-refractivity contribution < 1.29 is 14.0 Å². The van der Waals surface area contributed by atoms with Crippen LogP contribution < -0.4 is 10.6 Å². The highest BCUT2D eigenvalue weighted by molar-refractivity contribution is 9.10. The number of nitrogens with one attached hydrogen (secondary N) is 2. The topological polar surface area (TPSA) is 58.2 Å². The van der Waals surface area contributed by atoms with Crippen molar-refractivity contribution in [3.8, 4) is 0 Å². The molecule has 3 aromatic carbocycles. The average molecular weight is 518 g/mol. The van der Waals surface area contributed by atoms with Crippen LogP contribution in [0.3, 0.4) is 0 Å². The van der Waals surface area contributed by atoms with Gasteiger partial charge in [0.05, 0.1) is 5.56 Å². The van der Waals surface area contributed by atoms with E-state index < -0.39 is 17.6 Å². The quantitative estimate of drug-likeness (QED) is 0.423. The Kier molecular flexibility index (Phi) is 6.95. The highest BCUT2D eigenvalue weighted by Crippen LogP contribution is 2.17. The molecule has 2 amide bonds. The fraction of sp³-hybridized carbons (Fsp3) is 0. The van der Waals surface area contributed by atoms with Crippen LogP contribution in [0.5, 0.6) is 0 Å². The maximum absolute atomic E-state index is 14.0. The molecule has 2 N–H and O–H groups in total. The summed E-state index contributed by atoms with van der Waals surface area (Å²) in [5.74, 6) is -1.90. The monoisotopic (exact) mass is 516 g/mol. The van der Waals surface area contributed by atoms with Gasteiger partial charge in [0.15, 0.2) is 0 Å². The lowest BCUT2D eigenvalue weighted by Gasteiger charge is -2.12. The van der Waals surface area contributed by atoms with E-state index in [2.05, 4.69) is 42.5 Å². The van der Waals surface area contributed by atoms with E-state index in [1.165, 1.54) is 24.3 Å². The molecule has 0 fully saturated rings. The second-order valence-electron chi connectivity index (χ2n) is 6.00. The van der Waals surface area contributed by atoms with Gasteiger partial charge < -0.3 is 10.6 Å². The van der Waals surface area contributed by atoms with Crippen molar-refractivity contribution >= 4 is 55.4 Å². The van der Waals surface area contributed by atoms with Gasteiger partial charge in [0.2, 0.25) is 0 Å². The lowest BCUT2D eigenvalue weighted by Crippen LogP contribution is -2.31. The molecule has 0 aliphatic heterocycles. The first-order valence-corrected chi connectivity index (χ1v) is 10.1. The number of amides is 2. The van der Waals surface area contributed by atoms with Crippen molar-refractivity contribution in [2.45, 2.75) is 0 Å². The van der Waals surface area contributed by atoms with Crippen LogP contribution in [0.2, 0.25) is 0 Å². The van der Waals surface area contributed by atoms with E-state index in [9.17, 15) is 14.0 Å². The van der Waals surface area contributed by atoms with Crippen LogP contribution in [0.25, 0.3) is 6.08 Å². The Morgan fingerprint density at radius 2 is 1.41 bits per heavy atom. The Labute approximate surface area is 184 Å². The lowest BCUT2D eigenvalue weighted by molar-refractivity contribution is -0.113. The first kappa shape index (κ1) is 21.0. The smallest absolute Gasteiger partial charge is 0.272 e. The Bertz CT molecular complexity index is 1060. The first-order valence-electron chi connectivity index (χ1n) is 8.52. The highest BCUT2D eigenvalue weighted by atomic mass is 79.9. The maximum Gasteiger partial charge on any atom is 0.272 e. The Morgan fingerprint density at radius 1 is 0.828 bits per heavy atom. The predicted molar refractivity (Wildman–Crippen MR) is 119 cm³/mol. The minimum absolute atomic E-state index is 0.0107. The number of rotatable bonds is 5. The normalized spacial score (nSPS) is 11.1. The second-order valence-corrected chi connectivity index (χ2v) is 7.84. The minimum atomic E-state index is -0.711. The molecule has 0 atom stereocenters. The Hall–Kier alpha value is -2.77. The summed E-state index contributed by atoms with van der Waals surface area (Å²) < 4.78 is 15.7. The Morgan fingerprint density at radius 3 is 2.03 bits per heavy atom. The highest BCUT2D eigenvalue weighted by Gasteiger charge is 2.17. The van der Waals surface area contributed by atoms with Crippen molar-refractivity contribution in [3.05, 3.63) is 104 Å². The van der Waals surface area contributed by atoms with E-state index in [4.69, 9.17) is 0 Å². The summed E-state index contributed by atoms with van der Waals surface area (Å²) in [6, 6.07) is 19.8. The molecule has 0 heterocycles. The molecule has 0 unspecified atom stereocenters. The van der Waals surface area contributed by atoms with E-state index in [0.717, 1.165) is 8.95 Å². The molecule has 0 bridgehead atoms. The van der Waals surface area contributed by atoms with Crippen LogP contribution in [-0.2, 0) is 4.79 Å². The van der Waals surface area contributed by atoms with E-state index >= 15 is 0 Å². The van der Waals surface area contributed by atoms with Crippen LogP contribution in [-0.4, -0.2) is 11.8 Å². The summed E-state index contributed by atoms with van der Waals surface area (Å²) in [6.45, 7) is 0. The van der Waals surface area contributed by atoms with Gasteiger partial charge in [0.25, 0.3) is 11.8 Å². The van der Waals surface area contributed by atoms with E-state index in [1.54, 1.807) is 42.5 Å². The van der Waals surface area contributed by atoms with Crippen molar-refractivity contribution in [2.75, 3.05) is 5.32 Å². The van der Waals surface area contributed by atoms with Gasteiger partial charge in [-0.15, -0.1) is 0 Å². The summed E-state index contributed by atoms with van der Waals surface area (Å²) in [5, 5.41) is 5.24. The van der Waals surface area contributed by atoms with Crippen LogP contribution in [0.15, 0.2) is 87.4 Å². The van der Waals surface area contributed by atoms with Crippen molar-refractivity contribution in [3.63, 3.8) is 0 Å². The maximum atomic E-state index is 14.0. The van der Waals surface area contributed by atoms with Crippen LogP contribution in [0.1, 0.15) is 15.9 Å². The van der Waals surface area contributed by atoms with Crippen LogP contribution in [0.4, 0.5) is 10.1 Å². The van der Waals surface area contributed by atoms with Crippen molar-refractivity contribution in [1.29, 1.82) is 0 Å². The van der Waals surface area contributed by atoms with Gasteiger partial charge in [0.1, 0.15) is 11.5 Å². The lowest BCUT2D eigenvalue weighted by atomic mass is 10.1. The summed E-state index contributed by atoms with van der Waals surface area (Å²) >= 11 is 6.69. The number of halogens is 3. The second kappa shape index (κ2) is 9.62. The summed E-state index contributed by atoms with van der Waals surface area (Å²) in [7, 11) is 0. The van der Waals surface area contributed by atoms with Gasteiger partial charge in [-0.3, -0.25) is 9.59 Å². The molecule has 0 aliphatic rings. The molecule has 29 heavy (non-hydrogen) atoms. The molecular weight excluding hydrogens is 503 g/mol. The number of hydrogen-bond donors (Lipinski definition) is 2. The first-order chi connectivity index (χ1) is 13.9. The van der Waals surface area contributed by atoms with Crippen molar-refractivity contribution in [1.82, 2.24) is 5.32 Å². The summed E-state index contributed by atoms with van der Waals surface area (Å²) in [5.41, 5.74) is 1.09. The van der Waals surface area contributed by atoms with Gasteiger partial charge >= 0.3 is 0 Å². The molecule has 146 valence electrons. The molecule has 3 rings (SSSR count). The number of carbonyl (C=O) groups is 2.